The summed E-state index contributed by atoms with van der Waals surface area (Å²) in [4.78, 5) is 33.5. The molecule has 0 amide bonds. The molecule has 0 fully saturated rings. The Morgan fingerprint density at radius 2 is 1.51 bits per heavy atom. The minimum atomic E-state index is -0.798. The third kappa shape index (κ3) is 6.21. The molecule has 0 saturated carbocycles. The lowest BCUT2D eigenvalue weighted by atomic mass is 9.95. The monoisotopic (exact) mass is 695 g/mol. The van der Waals surface area contributed by atoms with E-state index in [0.717, 1.165) is 39.3 Å². The Balaban J connectivity index is 1.51. The Hall–Kier alpha value is -5.93. The van der Waals surface area contributed by atoms with Gasteiger partial charge in [0.15, 0.2) is 16.3 Å². The smallest absolute Gasteiger partial charge is 0.338 e. The van der Waals surface area contributed by atoms with E-state index >= 15 is 0 Å². The summed E-state index contributed by atoms with van der Waals surface area (Å²) in [5.41, 5.74) is 8.20. The fourth-order valence-corrected chi connectivity index (χ4v) is 7.62. The van der Waals surface area contributed by atoms with Gasteiger partial charge in [-0.3, -0.25) is 9.36 Å². The molecule has 9 heteroatoms. The number of hydrogen-bond acceptors (Lipinski definition) is 7. The Morgan fingerprint density at radius 3 is 2.16 bits per heavy atom. The fraction of sp³-hybridized carbons (Fsp3) is 0.167. The summed E-state index contributed by atoms with van der Waals surface area (Å²) >= 11 is 1.29. The highest BCUT2D eigenvalue weighted by molar-refractivity contribution is 7.07. The third-order valence-corrected chi connectivity index (χ3v) is 9.95. The predicted molar refractivity (Wildman–Crippen MR) is 201 cm³/mol. The lowest BCUT2D eigenvalue weighted by molar-refractivity contribution is -0.139. The molecule has 51 heavy (non-hydrogen) atoms. The molecule has 6 aromatic rings. The van der Waals surface area contributed by atoms with Gasteiger partial charge >= 0.3 is 5.97 Å². The van der Waals surface area contributed by atoms with Crippen LogP contribution < -0.4 is 24.4 Å². The number of rotatable bonds is 9. The van der Waals surface area contributed by atoms with Gasteiger partial charge in [-0.25, -0.2) is 9.79 Å². The molecular weight excluding hydrogens is 659 g/mol. The van der Waals surface area contributed by atoms with Gasteiger partial charge in [0.25, 0.3) is 5.56 Å². The zero-order valence-corrected chi connectivity index (χ0v) is 29.9. The maximum atomic E-state index is 14.7. The molecule has 7 rings (SSSR count). The number of nitrogens with zero attached hydrogens (tertiary/aromatic N) is 3. The van der Waals surface area contributed by atoms with E-state index in [4.69, 9.17) is 19.2 Å². The van der Waals surface area contributed by atoms with E-state index in [0.29, 0.717) is 37.7 Å². The van der Waals surface area contributed by atoms with E-state index in [1.54, 1.807) is 44.8 Å². The quantitative estimate of drug-likeness (QED) is 0.149. The second-order valence-electron chi connectivity index (χ2n) is 12.2. The molecule has 0 N–H and O–H groups in total. The maximum absolute atomic E-state index is 14.7. The van der Waals surface area contributed by atoms with E-state index in [9.17, 15) is 9.59 Å². The van der Waals surface area contributed by atoms with Gasteiger partial charge in [-0.1, -0.05) is 95.8 Å². The summed E-state index contributed by atoms with van der Waals surface area (Å²) in [5.74, 6) is 0.489. The minimum Gasteiger partial charge on any atom is -0.493 e. The first kappa shape index (κ1) is 33.6. The molecule has 3 heterocycles. The summed E-state index contributed by atoms with van der Waals surface area (Å²) in [6.45, 7) is 5.79. The second-order valence-corrected chi connectivity index (χ2v) is 13.2. The lowest BCUT2D eigenvalue weighted by Gasteiger charge is -2.25. The number of allylic oxidation sites excluding steroid dienone is 1. The van der Waals surface area contributed by atoms with Crippen molar-refractivity contribution in [2.75, 3.05) is 20.8 Å². The number of methoxy groups -OCH3 is 2. The molecule has 1 aliphatic heterocycles. The van der Waals surface area contributed by atoms with Crippen LogP contribution in [0.5, 0.6) is 11.5 Å². The third-order valence-electron chi connectivity index (χ3n) is 8.97. The number of hydrogen-bond donors (Lipinski definition) is 0. The summed E-state index contributed by atoms with van der Waals surface area (Å²) in [5, 5.41) is 0. The minimum absolute atomic E-state index is 0.183. The molecule has 256 valence electrons. The van der Waals surface area contributed by atoms with Crippen LogP contribution in [0.3, 0.4) is 0 Å². The lowest BCUT2D eigenvalue weighted by Crippen LogP contribution is -2.40. The molecular formula is C42H37N3O5S. The zero-order valence-electron chi connectivity index (χ0n) is 29.0. The van der Waals surface area contributed by atoms with Gasteiger partial charge in [-0.2, -0.15) is 0 Å². The van der Waals surface area contributed by atoms with Crippen LogP contribution in [0.4, 0.5) is 0 Å². The molecule has 1 atom stereocenters. The number of ether oxygens (including phenoxy) is 3. The first-order valence-electron chi connectivity index (χ1n) is 16.7. The van der Waals surface area contributed by atoms with E-state index < -0.39 is 12.0 Å². The normalized spacial score (nSPS) is 14.2. The van der Waals surface area contributed by atoms with Crippen molar-refractivity contribution in [2.24, 2.45) is 4.99 Å². The van der Waals surface area contributed by atoms with Crippen molar-refractivity contribution in [1.29, 1.82) is 0 Å². The molecule has 0 aliphatic carbocycles. The van der Waals surface area contributed by atoms with Gasteiger partial charge < -0.3 is 18.8 Å². The number of aromatic nitrogens is 2. The number of carbonyl (C=O) groups is 1. The molecule has 1 aliphatic rings. The molecule has 0 radical (unpaired) electrons. The van der Waals surface area contributed by atoms with E-state index in [2.05, 4.69) is 66.1 Å². The van der Waals surface area contributed by atoms with Crippen LogP contribution in [-0.2, 0) is 9.53 Å². The summed E-state index contributed by atoms with van der Waals surface area (Å²) < 4.78 is 20.9. The van der Waals surface area contributed by atoms with E-state index in [1.165, 1.54) is 11.3 Å². The highest BCUT2D eigenvalue weighted by Gasteiger charge is 2.34. The number of carbonyl (C=O) groups excluding carboxylic acids is 1. The Morgan fingerprint density at radius 1 is 0.843 bits per heavy atom. The van der Waals surface area contributed by atoms with E-state index in [1.807, 2.05) is 48.5 Å². The average Bonchev–Trinajstić information content (AvgIpc) is 3.68. The van der Waals surface area contributed by atoms with Crippen LogP contribution in [0.1, 0.15) is 36.6 Å². The van der Waals surface area contributed by atoms with Crippen molar-refractivity contribution in [2.45, 2.75) is 26.8 Å². The molecule has 0 saturated heterocycles. The second kappa shape index (κ2) is 14.1. The zero-order chi connectivity index (χ0) is 35.6. The number of esters is 1. The van der Waals surface area contributed by atoms with Crippen molar-refractivity contribution in [3.8, 4) is 39.7 Å². The standard InChI is InChI=1S/C42H37N3O5S/c1-6-50-41(47)37-27(3)43-42-45(39(37)30-19-22-34(48-4)35(24-30)49-5)40(46)36(51-42)25-31-23-33(28-13-9-7-10-14-28)44(32-20-17-26(2)18-21-32)38(31)29-15-11-8-12-16-29/h7-25,39H,6H2,1-5H3/b36-25-/t39-/m1/s1. The van der Waals surface area contributed by atoms with Crippen LogP contribution in [0.2, 0.25) is 0 Å². The first-order chi connectivity index (χ1) is 24.8. The van der Waals surface area contributed by atoms with Gasteiger partial charge in [0.2, 0.25) is 0 Å². The number of benzene rings is 4. The number of fused-ring (bicyclic) bond motifs is 1. The van der Waals surface area contributed by atoms with Crippen molar-refractivity contribution >= 4 is 23.4 Å². The molecule has 0 bridgehead atoms. The van der Waals surface area contributed by atoms with Crippen molar-refractivity contribution in [3.63, 3.8) is 0 Å². The Labute approximate surface area is 299 Å². The van der Waals surface area contributed by atoms with Crippen LogP contribution in [0.15, 0.2) is 130 Å². The highest BCUT2D eigenvalue weighted by Crippen LogP contribution is 2.38. The van der Waals surface area contributed by atoms with Gasteiger partial charge in [0.05, 0.1) is 54.1 Å². The first-order valence-corrected chi connectivity index (χ1v) is 17.5. The summed E-state index contributed by atoms with van der Waals surface area (Å²) in [7, 11) is 3.12. The van der Waals surface area contributed by atoms with Gasteiger partial charge in [0.1, 0.15) is 0 Å². The number of aryl methyl sites for hydroxylation is 1. The van der Waals surface area contributed by atoms with Crippen LogP contribution >= 0.6 is 11.3 Å². The Kier molecular flexibility index (Phi) is 9.30. The van der Waals surface area contributed by atoms with Crippen LogP contribution in [0, 0.1) is 6.92 Å². The van der Waals surface area contributed by atoms with Crippen molar-refractivity contribution in [1.82, 2.24) is 9.13 Å². The van der Waals surface area contributed by atoms with Gasteiger partial charge in [-0.05, 0) is 73.9 Å². The van der Waals surface area contributed by atoms with Crippen LogP contribution in [-0.4, -0.2) is 35.9 Å². The average molecular weight is 696 g/mol. The molecule has 0 spiro atoms. The largest absolute Gasteiger partial charge is 0.493 e. The highest BCUT2D eigenvalue weighted by atomic mass is 32.1. The maximum Gasteiger partial charge on any atom is 0.338 e. The Bertz CT molecular complexity index is 2460. The van der Waals surface area contributed by atoms with Crippen LogP contribution in [0.25, 0.3) is 34.3 Å². The topological polar surface area (TPSA) is 84.1 Å². The molecule has 4 aromatic carbocycles. The molecule has 2 aromatic heterocycles. The van der Waals surface area contributed by atoms with Crippen molar-refractivity contribution < 1.29 is 19.0 Å². The van der Waals surface area contributed by atoms with Crippen molar-refractivity contribution in [3.05, 3.63) is 157 Å². The number of thiazole rings is 1. The summed E-state index contributed by atoms with van der Waals surface area (Å²) in [6, 6.07) is 35.6. The van der Waals surface area contributed by atoms with E-state index in [-0.39, 0.29) is 12.2 Å². The predicted octanol–water partition coefficient (Wildman–Crippen LogP) is 7.25. The van der Waals surface area contributed by atoms with Gasteiger partial charge in [0, 0.05) is 11.3 Å². The summed E-state index contributed by atoms with van der Waals surface area (Å²) in [6.07, 6.45) is 1.94. The molecule has 0 unspecified atom stereocenters. The SMILES string of the molecule is CCOC(=O)C1=C(C)N=c2s/c(=C\c3cc(-c4ccccc4)n(-c4ccc(C)cc4)c3-c3ccccc3)c(=O)n2[C@@H]1c1ccc(OC)c(OC)c1. The fourth-order valence-electron chi connectivity index (χ4n) is 6.59. The molecule has 8 nitrogen and oxygen atoms in total. The van der Waals surface area contributed by atoms with Gasteiger partial charge in [-0.15, -0.1) is 0 Å².